The molecule has 3 rings (SSSR count). The van der Waals surface area contributed by atoms with Gasteiger partial charge in [-0.05, 0) is 58.7 Å². The fraction of sp³-hybridized carbons (Fsp3) is 0.100. The fourth-order valence-electron chi connectivity index (χ4n) is 2.81. The van der Waals surface area contributed by atoms with Crippen LogP contribution in [0.3, 0.4) is 0 Å². The molecule has 5 nitrogen and oxygen atoms in total. The standard InChI is InChI=1S/C20H17F2NO4S/c1-26-14-7-13(8-15(9-14)27-2)18-11-20(22)19(21)10-17(18)12-3-5-16(6-4-12)28(23,24)25/h3-11H,1-2H3,(H2,23,24,25). The first-order valence-corrected chi connectivity index (χ1v) is 9.63. The van der Waals surface area contributed by atoms with E-state index in [0.717, 1.165) is 12.1 Å². The first kappa shape index (κ1) is 19.8. The summed E-state index contributed by atoms with van der Waals surface area (Å²) in [7, 11) is -0.898. The molecule has 0 saturated carbocycles. The van der Waals surface area contributed by atoms with Crippen LogP contribution in [0.4, 0.5) is 8.78 Å². The highest BCUT2D eigenvalue weighted by Gasteiger charge is 2.16. The second-order valence-corrected chi connectivity index (χ2v) is 7.54. The van der Waals surface area contributed by atoms with Crippen molar-refractivity contribution in [3.05, 3.63) is 66.2 Å². The normalized spacial score (nSPS) is 11.3. The van der Waals surface area contributed by atoms with Crippen LogP contribution in [0.1, 0.15) is 0 Å². The van der Waals surface area contributed by atoms with E-state index in [4.69, 9.17) is 14.6 Å². The van der Waals surface area contributed by atoms with E-state index in [2.05, 4.69) is 0 Å². The lowest BCUT2D eigenvalue weighted by molar-refractivity contribution is 0.394. The van der Waals surface area contributed by atoms with Gasteiger partial charge < -0.3 is 9.47 Å². The van der Waals surface area contributed by atoms with Crippen molar-refractivity contribution in [1.82, 2.24) is 0 Å². The Hall–Kier alpha value is -2.97. The Balaban J connectivity index is 2.22. The van der Waals surface area contributed by atoms with Crippen LogP contribution in [-0.4, -0.2) is 22.6 Å². The number of benzene rings is 3. The zero-order valence-corrected chi connectivity index (χ0v) is 15.9. The molecule has 0 radical (unpaired) electrons. The van der Waals surface area contributed by atoms with Gasteiger partial charge in [0.1, 0.15) is 11.5 Å². The number of methoxy groups -OCH3 is 2. The maximum absolute atomic E-state index is 14.0. The van der Waals surface area contributed by atoms with Gasteiger partial charge >= 0.3 is 0 Å². The average Bonchev–Trinajstić information content (AvgIpc) is 2.68. The molecule has 8 heteroatoms. The molecular weight excluding hydrogens is 388 g/mol. The van der Waals surface area contributed by atoms with Crippen molar-refractivity contribution >= 4 is 10.0 Å². The molecule has 0 aromatic heterocycles. The number of primary sulfonamides is 1. The molecule has 0 unspecified atom stereocenters. The molecule has 0 atom stereocenters. The minimum atomic E-state index is -3.86. The molecular formula is C20H17F2NO4S. The average molecular weight is 405 g/mol. The lowest BCUT2D eigenvalue weighted by atomic mass is 9.94. The number of sulfonamides is 1. The van der Waals surface area contributed by atoms with Crippen LogP contribution in [0.15, 0.2) is 59.5 Å². The number of hydrogen-bond donors (Lipinski definition) is 1. The van der Waals surface area contributed by atoms with Crippen molar-refractivity contribution < 1.29 is 26.7 Å². The van der Waals surface area contributed by atoms with Gasteiger partial charge in [-0.2, -0.15) is 0 Å². The molecule has 0 aliphatic heterocycles. The molecule has 0 bridgehead atoms. The highest BCUT2D eigenvalue weighted by atomic mass is 32.2. The van der Waals surface area contributed by atoms with Crippen LogP contribution in [0.5, 0.6) is 11.5 Å². The van der Waals surface area contributed by atoms with Gasteiger partial charge in [-0.15, -0.1) is 0 Å². The van der Waals surface area contributed by atoms with Crippen molar-refractivity contribution in [2.45, 2.75) is 4.90 Å². The molecule has 0 amide bonds. The van der Waals surface area contributed by atoms with E-state index in [9.17, 15) is 17.2 Å². The van der Waals surface area contributed by atoms with Gasteiger partial charge in [0.05, 0.1) is 19.1 Å². The van der Waals surface area contributed by atoms with Gasteiger partial charge in [-0.25, -0.2) is 22.3 Å². The second-order valence-electron chi connectivity index (χ2n) is 5.98. The third-order valence-corrected chi connectivity index (χ3v) is 5.15. The Morgan fingerprint density at radius 3 is 1.64 bits per heavy atom. The summed E-state index contributed by atoms with van der Waals surface area (Å²) in [6.45, 7) is 0. The molecule has 0 saturated heterocycles. The largest absolute Gasteiger partial charge is 0.497 e. The van der Waals surface area contributed by atoms with E-state index in [1.54, 1.807) is 18.2 Å². The highest BCUT2D eigenvalue weighted by molar-refractivity contribution is 7.89. The first-order valence-electron chi connectivity index (χ1n) is 8.08. The monoisotopic (exact) mass is 405 g/mol. The van der Waals surface area contributed by atoms with Crippen LogP contribution in [0.2, 0.25) is 0 Å². The van der Waals surface area contributed by atoms with Crippen molar-refractivity contribution in [2.75, 3.05) is 14.2 Å². The number of hydrogen-bond acceptors (Lipinski definition) is 4. The van der Waals surface area contributed by atoms with Gasteiger partial charge in [-0.3, -0.25) is 0 Å². The zero-order chi connectivity index (χ0) is 20.5. The Labute approximate surface area is 161 Å². The summed E-state index contributed by atoms with van der Waals surface area (Å²) in [5, 5.41) is 5.11. The smallest absolute Gasteiger partial charge is 0.238 e. The molecule has 0 heterocycles. The highest BCUT2D eigenvalue weighted by Crippen LogP contribution is 2.37. The molecule has 0 aliphatic carbocycles. The van der Waals surface area contributed by atoms with Crippen LogP contribution in [0.25, 0.3) is 22.3 Å². The summed E-state index contributed by atoms with van der Waals surface area (Å²) in [5.74, 6) is -1.07. The molecule has 28 heavy (non-hydrogen) atoms. The van der Waals surface area contributed by atoms with Crippen LogP contribution in [0, 0.1) is 11.6 Å². The lowest BCUT2D eigenvalue weighted by Gasteiger charge is -2.14. The maximum Gasteiger partial charge on any atom is 0.238 e. The predicted octanol–water partition coefficient (Wildman–Crippen LogP) is 3.96. The summed E-state index contributed by atoms with van der Waals surface area (Å²) in [5.41, 5.74) is 1.79. The van der Waals surface area contributed by atoms with E-state index < -0.39 is 21.7 Å². The van der Waals surface area contributed by atoms with Gasteiger partial charge in [0.15, 0.2) is 11.6 Å². The number of ether oxygens (including phenoxy) is 2. The Morgan fingerprint density at radius 1 is 0.750 bits per heavy atom. The summed E-state index contributed by atoms with van der Waals surface area (Å²) in [6.07, 6.45) is 0. The van der Waals surface area contributed by atoms with Crippen molar-refractivity contribution in [1.29, 1.82) is 0 Å². The topological polar surface area (TPSA) is 78.6 Å². The predicted molar refractivity (Wildman–Crippen MR) is 102 cm³/mol. The van der Waals surface area contributed by atoms with Crippen LogP contribution >= 0.6 is 0 Å². The molecule has 0 aliphatic rings. The Bertz CT molecular complexity index is 1110. The second kappa shape index (κ2) is 7.57. The fourth-order valence-corrected chi connectivity index (χ4v) is 3.33. The van der Waals surface area contributed by atoms with E-state index in [1.165, 1.54) is 38.5 Å². The third-order valence-electron chi connectivity index (χ3n) is 4.22. The van der Waals surface area contributed by atoms with E-state index >= 15 is 0 Å². The summed E-state index contributed by atoms with van der Waals surface area (Å²) in [4.78, 5) is -0.0802. The van der Waals surface area contributed by atoms with E-state index in [0.29, 0.717) is 33.8 Å². The quantitative estimate of drug-likeness (QED) is 0.697. The minimum absolute atomic E-state index is 0.0802. The Morgan fingerprint density at radius 2 is 1.21 bits per heavy atom. The minimum Gasteiger partial charge on any atom is -0.497 e. The SMILES string of the molecule is COc1cc(OC)cc(-c2cc(F)c(F)cc2-c2ccc(S(N)(=O)=O)cc2)c1. The van der Waals surface area contributed by atoms with Crippen LogP contribution in [-0.2, 0) is 10.0 Å². The lowest BCUT2D eigenvalue weighted by Crippen LogP contribution is -2.11. The van der Waals surface area contributed by atoms with E-state index in [1.807, 2.05) is 0 Å². The third kappa shape index (κ3) is 3.97. The molecule has 0 spiro atoms. The van der Waals surface area contributed by atoms with Gasteiger partial charge in [0, 0.05) is 6.07 Å². The molecule has 0 fully saturated rings. The van der Waals surface area contributed by atoms with Gasteiger partial charge in [0.2, 0.25) is 10.0 Å². The van der Waals surface area contributed by atoms with Crippen molar-refractivity contribution in [2.24, 2.45) is 5.14 Å². The first-order chi connectivity index (χ1) is 13.2. The molecule has 146 valence electrons. The number of rotatable bonds is 5. The van der Waals surface area contributed by atoms with Gasteiger partial charge in [-0.1, -0.05) is 12.1 Å². The zero-order valence-electron chi connectivity index (χ0n) is 15.1. The number of nitrogens with two attached hydrogens (primary N) is 1. The summed E-state index contributed by atoms with van der Waals surface area (Å²) in [6, 6.07) is 12.7. The van der Waals surface area contributed by atoms with Gasteiger partial charge in [0.25, 0.3) is 0 Å². The molecule has 3 aromatic carbocycles. The molecule has 3 aromatic rings. The van der Waals surface area contributed by atoms with Crippen LogP contribution < -0.4 is 14.6 Å². The van der Waals surface area contributed by atoms with Crippen molar-refractivity contribution in [3.8, 4) is 33.8 Å². The van der Waals surface area contributed by atoms with Crippen molar-refractivity contribution in [3.63, 3.8) is 0 Å². The maximum atomic E-state index is 14.0. The van der Waals surface area contributed by atoms with E-state index in [-0.39, 0.29) is 4.90 Å². The summed E-state index contributed by atoms with van der Waals surface area (Å²) < 4.78 is 61.4. The number of halogens is 2. The Kier molecular flexibility index (Phi) is 5.35. The molecule has 2 N–H and O–H groups in total. The summed E-state index contributed by atoms with van der Waals surface area (Å²) >= 11 is 0.